The number of nitrogens with zero attached hydrogens (tertiary/aromatic N) is 2. The van der Waals surface area contributed by atoms with E-state index in [1.807, 2.05) is 0 Å². The van der Waals surface area contributed by atoms with Gasteiger partial charge in [-0.05, 0) is 24.8 Å². The second kappa shape index (κ2) is 4.94. The van der Waals surface area contributed by atoms with Gasteiger partial charge in [-0.2, -0.15) is 0 Å². The Kier molecular flexibility index (Phi) is 3.52. The Morgan fingerprint density at radius 2 is 2.22 bits per heavy atom. The van der Waals surface area contributed by atoms with Crippen molar-refractivity contribution in [2.45, 2.75) is 31.8 Å². The smallest absolute Gasteiger partial charge is 0.251 e. The highest BCUT2D eigenvalue weighted by atomic mass is 16.2. The lowest BCUT2D eigenvalue weighted by Crippen LogP contribution is -2.35. The Hall–Kier alpha value is -1.62. The predicted octanol–water partition coefficient (Wildman–Crippen LogP) is 0.273. The molecule has 1 amide bonds. The second-order valence-corrected chi connectivity index (χ2v) is 4.95. The number of amides is 1. The third-order valence-electron chi connectivity index (χ3n) is 3.45. The number of aromatic nitrogens is 1. The summed E-state index contributed by atoms with van der Waals surface area (Å²) in [4.78, 5) is 25.2. The van der Waals surface area contributed by atoms with Crippen molar-refractivity contribution < 1.29 is 4.79 Å². The first-order chi connectivity index (χ1) is 8.50. The normalized spacial score (nSPS) is 18.3. The molecule has 0 aromatic carbocycles. The average molecular weight is 249 g/mol. The molecule has 5 nitrogen and oxygen atoms in total. The maximum absolute atomic E-state index is 11.9. The van der Waals surface area contributed by atoms with Gasteiger partial charge in [-0.15, -0.1) is 0 Å². The Balaban J connectivity index is 2.43. The summed E-state index contributed by atoms with van der Waals surface area (Å²) in [7, 11) is 3.38. The number of likely N-dealkylation sites (N-methyl/N-ethyl adjacent to an activating group) is 1. The molecule has 1 aliphatic carbocycles. The van der Waals surface area contributed by atoms with Crippen LogP contribution in [0.15, 0.2) is 16.9 Å². The molecule has 0 saturated heterocycles. The van der Waals surface area contributed by atoms with Crippen LogP contribution in [0.25, 0.3) is 0 Å². The zero-order valence-corrected chi connectivity index (χ0v) is 10.8. The van der Waals surface area contributed by atoms with E-state index in [0.29, 0.717) is 0 Å². The van der Waals surface area contributed by atoms with E-state index in [2.05, 4.69) is 0 Å². The van der Waals surface area contributed by atoms with Gasteiger partial charge in [0.2, 0.25) is 5.91 Å². The lowest BCUT2D eigenvalue weighted by atomic mass is 9.91. The van der Waals surface area contributed by atoms with Crippen molar-refractivity contribution in [3.05, 3.63) is 33.7 Å². The van der Waals surface area contributed by atoms with Crippen molar-refractivity contribution >= 4 is 5.91 Å². The third kappa shape index (κ3) is 2.31. The van der Waals surface area contributed by atoms with Gasteiger partial charge in [-0.25, -0.2) is 0 Å². The Labute approximate surface area is 106 Å². The van der Waals surface area contributed by atoms with Crippen LogP contribution in [0, 0.1) is 0 Å². The topological polar surface area (TPSA) is 68.3 Å². The first-order valence-corrected chi connectivity index (χ1v) is 6.19. The molecule has 2 N–H and O–H groups in total. The summed E-state index contributed by atoms with van der Waals surface area (Å²) in [5.41, 5.74) is 7.85. The molecule has 0 radical (unpaired) electrons. The largest absolute Gasteiger partial charge is 0.347 e. The van der Waals surface area contributed by atoms with E-state index in [-0.39, 0.29) is 24.1 Å². The lowest BCUT2D eigenvalue weighted by molar-refractivity contribution is -0.129. The van der Waals surface area contributed by atoms with Crippen LogP contribution in [0.2, 0.25) is 0 Å². The Morgan fingerprint density at radius 3 is 2.89 bits per heavy atom. The van der Waals surface area contributed by atoms with Gasteiger partial charge in [-0.3, -0.25) is 9.59 Å². The number of nitrogens with two attached hydrogens (primary N) is 1. The maximum atomic E-state index is 11.9. The summed E-state index contributed by atoms with van der Waals surface area (Å²) in [6.45, 7) is 0.0989. The predicted molar refractivity (Wildman–Crippen MR) is 69.3 cm³/mol. The van der Waals surface area contributed by atoms with E-state index in [1.54, 1.807) is 24.7 Å². The summed E-state index contributed by atoms with van der Waals surface area (Å²) in [6.07, 6.45) is 2.72. The van der Waals surface area contributed by atoms with Crippen LogP contribution in [0.4, 0.5) is 0 Å². The average Bonchev–Trinajstić information content (AvgIpc) is 2.32. The highest BCUT2D eigenvalue weighted by Gasteiger charge is 2.21. The summed E-state index contributed by atoms with van der Waals surface area (Å²) >= 11 is 0. The fraction of sp³-hybridized carbons (Fsp3) is 0.538. The molecule has 1 unspecified atom stereocenters. The number of hydrogen-bond donors (Lipinski definition) is 1. The van der Waals surface area contributed by atoms with E-state index in [4.69, 9.17) is 5.73 Å². The number of hydrogen-bond acceptors (Lipinski definition) is 3. The molecule has 1 aliphatic rings. The van der Waals surface area contributed by atoms with Crippen molar-refractivity contribution in [1.82, 2.24) is 9.47 Å². The van der Waals surface area contributed by atoms with Gasteiger partial charge in [0.25, 0.3) is 5.56 Å². The van der Waals surface area contributed by atoms with Crippen molar-refractivity contribution in [3.8, 4) is 0 Å². The number of fused-ring (bicyclic) bond motifs is 1. The van der Waals surface area contributed by atoms with Gasteiger partial charge >= 0.3 is 0 Å². The van der Waals surface area contributed by atoms with Crippen LogP contribution in [0.1, 0.15) is 30.1 Å². The van der Waals surface area contributed by atoms with Crippen LogP contribution < -0.4 is 11.3 Å². The van der Waals surface area contributed by atoms with Gasteiger partial charge < -0.3 is 15.2 Å². The molecule has 1 aromatic rings. The fourth-order valence-corrected chi connectivity index (χ4v) is 2.35. The third-order valence-corrected chi connectivity index (χ3v) is 3.45. The molecule has 1 atom stereocenters. The van der Waals surface area contributed by atoms with Gasteiger partial charge in [0, 0.05) is 31.9 Å². The van der Waals surface area contributed by atoms with Crippen LogP contribution >= 0.6 is 0 Å². The summed E-state index contributed by atoms with van der Waals surface area (Å²) in [6, 6.07) is 3.29. The monoisotopic (exact) mass is 249 g/mol. The molecule has 1 heterocycles. The molecule has 98 valence electrons. The first-order valence-electron chi connectivity index (χ1n) is 6.19. The van der Waals surface area contributed by atoms with E-state index in [0.717, 1.165) is 30.5 Å². The van der Waals surface area contributed by atoms with Crippen molar-refractivity contribution in [3.63, 3.8) is 0 Å². The molecule has 0 saturated carbocycles. The minimum Gasteiger partial charge on any atom is -0.347 e. The maximum Gasteiger partial charge on any atom is 0.251 e. The summed E-state index contributed by atoms with van der Waals surface area (Å²) < 4.78 is 1.57. The zero-order valence-electron chi connectivity index (χ0n) is 10.8. The number of rotatable bonds is 2. The molecule has 0 fully saturated rings. The summed E-state index contributed by atoms with van der Waals surface area (Å²) in [5.74, 6) is -0.0790. The van der Waals surface area contributed by atoms with Crippen LogP contribution in [0.3, 0.4) is 0 Å². The standard InChI is InChI=1S/C13H19N3O2/c1-15(2)13(18)8-16-11-5-3-4-10(14)9(11)6-7-12(16)17/h6-7,10H,3-5,8,14H2,1-2H3. The SMILES string of the molecule is CN(C)C(=O)Cn1c2c(ccc1=O)C(N)CCC2. The van der Waals surface area contributed by atoms with Crippen LogP contribution in [-0.4, -0.2) is 29.5 Å². The van der Waals surface area contributed by atoms with Gasteiger partial charge in [0.05, 0.1) is 0 Å². The van der Waals surface area contributed by atoms with E-state index in [9.17, 15) is 9.59 Å². The minimum absolute atomic E-state index is 0.0185. The quantitative estimate of drug-likeness (QED) is 0.818. The van der Waals surface area contributed by atoms with Gasteiger partial charge in [0.1, 0.15) is 6.54 Å². The second-order valence-electron chi connectivity index (χ2n) is 4.95. The fourth-order valence-electron chi connectivity index (χ4n) is 2.35. The number of pyridine rings is 1. The highest BCUT2D eigenvalue weighted by Crippen LogP contribution is 2.26. The van der Waals surface area contributed by atoms with Crippen LogP contribution in [-0.2, 0) is 17.8 Å². The highest BCUT2D eigenvalue weighted by molar-refractivity contribution is 5.75. The molecular formula is C13H19N3O2. The zero-order chi connectivity index (χ0) is 13.3. The Bertz CT molecular complexity index is 519. The lowest BCUT2D eigenvalue weighted by Gasteiger charge is -2.25. The molecule has 0 bridgehead atoms. The number of carbonyl (C=O) groups is 1. The molecule has 0 aliphatic heterocycles. The molecule has 2 rings (SSSR count). The van der Waals surface area contributed by atoms with Crippen molar-refractivity contribution in [2.75, 3.05) is 14.1 Å². The van der Waals surface area contributed by atoms with E-state index < -0.39 is 0 Å². The Morgan fingerprint density at radius 1 is 1.50 bits per heavy atom. The van der Waals surface area contributed by atoms with Gasteiger partial charge in [-0.1, -0.05) is 6.07 Å². The molecular weight excluding hydrogens is 230 g/mol. The molecule has 5 heteroatoms. The minimum atomic E-state index is -0.127. The van der Waals surface area contributed by atoms with Gasteiger partial charge in [0.15, 0.2) is 0 Å². The van der Waals surface area contributed by atoms with E-state index in [1.165, 1.54) is 11.0 Å². The number of carbonyl (C=O) groups excluding carboxylic acids is 1. The van der Waals surface area contributed by atoms with Crippen LogP contribution in [0.5, 0.6) is 0 Å². The summed E-state index contributed by atoms with van der Waals surface area (Å²) in [5, 5.41) is 0. The first kappa shape index (κ1) is 12.8. The molecule has 0 spiro atoms. The molecule has 1 aromatic heterocycles. The van der Waals surface area contributed by atoms with E-state index >= 15 is 0 Å². The van der Waals surface area contributed by atoms with Crippen molar-refractivity contribution in [1.29, 1.82) is 0 Å². The van der Waals surface area contributed by atoms with Crippen molar-refractivity contribution in [2.24, 2.45) is 5.73 Å². The molecule has 18 heavy (non-hydrogen) atoms.